The van der Waals surface area contributed by atoms with E-state index < -0.39 is 0 Å². The van der Waals surface area contributed by atoms with Gasteiger partial charge in [-0.25, -0.2) is 0 Å². The highest BCUT2D eigenvalue weighted by molar-refractivity contribution is 5.95. The summed E-state index contributed by atoms with van der Waals surface area (Å²) in [5, 5.41) is 13.8. The molecule has 0 aliphatic rings. The van der Waals surface area contributed by atoms with Gasteiger partial charge < -0.3 is 15.7 Å². The van der Waals surface area contributed by atoms with Crippen LogP contribution in [0, 0.1) is 18.8 Å². The van der Waals surface area contributed by atoms with Crippen molar-refractivity contribution in [1.82, 2.24) is 10.6 Å². The van der Waals surface area contributed by atoms with Crippen LogP contribution in [-0.4, -0.2) is 37.1 Å². The normalized spacial score (nSPS) is 9.35. The molecule has 0 radical (unpaired) electrons. The molecule has 0 bridgehead atoms. The summed E-state index contributed by atoms with van der Waals surface area (Å²) in [6, 6.07) is 5.24. The van der Waals surface area contributed by atoms with Crippen molar-refractivity contribution >= 4 is 11.8 Å². The van der Waals surface area contributed by atoms with Crippen LogP contribution < -0.4 is 10.6 Å². The summed E-state index contributed by atoms with van der Waals surface area (Å²) in [7, 11) is 1.55. The lowest BCUT2D eigenvalue weighted by Gasteiger charge is -2.06. The average molecular weight is 274 g/mol. The largest absolute Gasteiger partial charge is 0.384 e. The van der Waals surface area contributed by atoms with Gasteiger partial charge in [-0.15, -0.1) is 0 Å². The molecule has 1 aromatic carbocycles. The zero-order chi connectivity index (χ0) is 15.0. The molecule has 0 aliphatic heterocycles. The third-order valence-corrected chi connectivity index (χ3v) is 2.57. The van der Waals surface area contributed by atoms with Crippen molar-refractivity contribution in [2.75, 3.05) is 20.2 Å². The van der Waals surface area contributed by atoms with E-state index >= 15 is 0 Å². The van der Waals surface area contributed by atoms with Gasteiger partial charge in [0, 0.05) is 31.1 Å². The van der Waals surface area contributed by atoms with Crippen LogP contribution in [-0.2, 0) is 4.79 Å². The quantitative estimate of drug-likeness (QED) is 0.687. The lowest BCUT2D eigenvalue weighted by Crippen LogP contribution is -2.29. The van der Waals surface area contributed by atoms with Gasteiger partial charge in [-0.05, 0) is 30.7 Å². The highest BCUT2D eigenvalue weighted by Crippen LogP contribution is 2.09. The van der Waals surface area contributed by atoms with Crippen LogP contribution in [0.4, 0.5) is 0 Å². The maximum absolute atomic E-state index is 12.0. The number of aliphatic hydroxyl groups is 1. The Kier molecular flexibility index (Phi) is 6.27. The van der Waals surface area contributed by atoms with Crippen LogP contribution >= 0.6 is 0 Å². The second-order valence-corrected chi connectivity index (χ2v) is 4.23. The highest BCUT2D eigenvalue weighted by atomic mass is 16.2. The zero-order valence-corrected chi connectivity index (χ0v) is 11.6. The van der Waals surface area contributed by atoms with Crippen molar-refractivity contribution in [3.63, 3.8) is 0 Å². The Labute approximate surface area is 118 Å². The van der Waals surface area contributed by atoms with Crippen molar-refractivity contribution in [2.24, 2.45) is 0 Å². The molecule has 5 heteroatoms. The fourth-order valence-electron chi connectivity index (χ4n) is 1.64. The smallest absolute Gasteiger partial charge is 0.251 e. The van der Waals surface area contributed by atoms with Gasteiger partial charge in [-0.1, -0.05) is 11.8 Å². The number of aliphatic hydroxyl groups excluding tert-OH is 1. The second kappa shape index (κ2) is 7.97. The molecule has 0 saturated heterocycles. The van der Waals surface area contributed by atoms with E-state index in [1.165, 1.54) is 0 Å². The molecular formula is C15H18N2O3. The Hall–Kier alpha value is -2.32. The summed E-state index contributed by atoms with van der Waals surface area (Å²) < 4.78 is 0. The standard InChI is InChI=1S/C15H18N2O3/c1-11-8-12(4-3-7-18)10-13(9-11)15(20)17-6-5-14(19)16-2/h8-10,18H,5-7H2,1-2H3,(H,16,19)(H,17,20). The minimum Gasteiger partial charge on any atom is -0.384 e. The summed E-state index contributed by atoms with van der Waals surface area (Å²) >= 11 is 0. The predicted octanol–water partition coefficient (Wildman–Crippen LogP) is 0.205. The summed E-state index contributed by atoms with van der Waals surface area (Å²) in [4.78, 5) is 23.0. The Morgan fingerprint density at radius 1 is 1.30 bits per heavy atom. The Bertz CT molecular complexity index is 556. The van der Waals surface area contributed by atoms with Gasteiger partial charge in [0.05, 0.1) is 0 Å². The predicted molar refractivity (Wildman–Crippen MR) is 76.2 cm³/mol. The fourth-order valence-corrected chi connectivity index (χ4v) is 1.64. The fraction of sp³-hybridized carbons (Fsp3) is 0.333. The highest BCUT2D eigenvalue weighted by Gasteiger charge is 2.07. The van der Waals surface area contributed by atoms with Crippen molar-refractivity contribution in [1.29, 1.82) is 0 Å². The first-order valence-corrected chi connectivity index (χ1v) is 6.27. The van der Waals surface area contributed by atoms with E-state index in [2.05, 4.69) is 22.5 Å². The van der Waals surface area contributed by atoms with Gasteiger partial charge in [0.25, 0.3) is 5.91 Å². The van der Waals surface area contributed by atoms with Gasteiger partial charge in [-0.3, -0.25) is 9.59 Å². The summed E-state index contributed by atoms with van der Waals surface area (Å²) in [6.45, 7) is 1.93. The first-order chi connectivity index (χ1) is 9.56. The van der Waals surface area contributed by atoms with Gasteiger partial charge >= 0.3 is 0 Å². The Balaban J connectivity index is 2.72. The number of hydrogen-bond acceptors (Lipinski definition) is 3. The molecule has 106 valence electrons. The van der Waals surface area contributed by atoms with Crippen LogP contribution in [0.15, 0.2) is 18.2 Å². The van der Waals surface area contributed by atoms with Crippen LogP contribution in [0.25, 0.3) is 0 Å². The average Bonchev–Trinajstić information content (AvgIpc) is 2.44. The van der Waals surface area contributed by atoms with Crippen LogP contribution in [0.2, 0.25) is 0 Å². The SMILES string of the molecule is CNC(=O)CCNC(=O)c1cc(C)cc(C#CCO)c1. The van der Waals surface area contributed by atoms with Crippen molar-refractivity contribution < 1.29 is 14.7 Å². The summed E-state index contributed by atoms with van der Waals surface area (Å²) in [6.07, 6.45) is 0.241. The third-order valence-electron chi connectivity index (χ3n) is 2.57. The van der Waals surface area contributed by atoms with Crippen LogP contribution in [0.1, 0.15) is 27.9 Å². The second-order valence-electron chi connectivity index (χ2n) is 4.23. The number of amides is 2. The van der Waals surface area contributed by atoms with E-state index in [4.69, 9.17) is 5.11 Å². The molecule has 0 spiro atoms. The van der Waals surface area contributed by atoms with Gasteiger partial charge in [0.1, 0.15) is 6.61 Å². The van der Waals surface area contributed by atoms with E-state index in [-0.39, 0.29) is 31.4 Å². The van der Waals surface area contributed by atoms with E-state index in [0.29, 0.717) is 11.1 Å². The van der Waals surface area contributed by atoms with E-state index in [9.17, 15) is 9.59 Å². The van der Waals surface area contributed by atoms with E-state index in [1.54, 1.807) is 19.2 Å². The maximum Gasteiger partial charge on any atom is 0.251 e. The molecule has 3 N–H and O–H groups in total. The molecule has 0 fully saturated rings. The lowest BCUT2D eigenvalue weighted by molar-refractivity contribution is -0.120. The number of carbonyl (C=O) groups is 2. The number of rotatable bonds is 4. The summed E-state index contributed by atoms with van der Waals surface area (Å²) in [5.74, 6) is 4.95. The minimum absolute atomic E-state index is 0.121. The first kappa shape index (κ1) is 15.7. The number of benzene rings is 1. The Morgan fingerprint density at radius 3 is 2.70 bits per heavy atom. The van der Waals surface area contributed by atoms with Crippen LogP contribution in [0.5, 0.6) is 0 Å². The van der Waals surface area contributed by atoms with Crippen molar-refractivity contribution in [2.45, 2.75) is 13.3 Å². The molecule has 0 heterocycles. The molecular weight excluding hydrogens is 256 g/mol. The number of aryl methyl sites for hydroxylation is 1. The van der Waals surface area contributed by atoms with Crippen LogP contribution in [0.3, 0.4) is 0 Å². The van der Waals surface area contributed by atoms with E-state index in [1.807, 2.05) is 13.0 Å². The number of hydrogen-bond donors (Lipinski definition) is 3. The van der Waals surface area contributed by atoms with Gasteiger partial charge in [0.15, 0.2) is 0 Å². The minimum atomic E-state index is -0.246. The molecule has 0 aromatic heterocycles. The molecule has 0 unspecified atom stereocenters. The zero-order valence-electron chi connectivity index (χ0n) is 11.6. The molecule has 0 saturated carbocycles. The molecule has 20 heavy (non-hydrogen) atoms. The maximum atomic E-state index is 12.0. The third kappa shape index (κ3) is 5.12. The lowest BCUT2D eigenvalue weighted by atomic mass is 10.1. The number of nitrogens with one attached hydrogen (secondary N) is 2. The first-order valence-electron chi connectivity index (χ1n) is 6.27. The van der Waals surface area contributed by atoms with Gasteiger partial charge in [0.2, 0.25) is 5.91 Å². The van der Waals surface area contributed by atoms with Crippen molar-refractivity contribution in [3.8, 4) is 11.8 Å². The number of carbonyl (C=O) groups excluding carboxylic acids is 2. The van der Waals surface area contributed by atoms with Crippen molar-refractivity contribution in [3.05, 3.63) is 34.9 Å². The topological polar surface area (TPSA) is 78.4 Å². The Morgan fingerprint density at radius 2 is 2.05 bits per heavy atom. The molecule has 1 aromatic rings. The molecule has 0 atom stereocenters. The van der Waals surface area contributed by atoms with Gasteiger partial charge in [-0.2, -0.15) is 0 Å². The monoisotopic (exact) mass is 274 g/mol. The molecule has 5 nitrogen and oxygen atoms in total. The molecule has 2 amide bonds. The molecule has 0 aliphatic carbocycles. The van der Waals surface area contributed by atoms with E-state index in [0.717, 1.165) is 5.56 Å². The summed E-state index contributed by atoms with van der Waals surface area (Å²) in [5.41, 5.74) is 2.07. The molecule has 1 rings (SSSR count).